The third kappa shape index (κ3) is 3.66. The average Bonchev–Trinajstić information content (AvgIpc) is 2.49. The first-order valence-electron chi connectivity index (χ1n) is 7.85. The number of ether oxygens (including phenoxy) is 1. The minimum atomic E-state index is 0.548. The van der Waals surface area contributed by atoms with E-state index in [9.17, 15) is 0 Å². The van der Waals surface area contributed by atoms with Gasteiger partial charge in [-0.2, -0.15) is 0 Å². The number of thioether (sulfide) groups is 1. The molecule has 2 fully saturated rings. The van der Waals surface area contributed by atoms with Crippen molar-refractivity contribution in [2.24, 2.45) is 16.3 Å². The topological polar surface area (TPSA) is 33.6 Å². The van der Waals surface area contributed by atoms with E-state index in [-0.39, 0.29) is 0 Å². The van der Waals surface area contributed by atoms with Gasteiger partial charge in [-0.15, -0.1) is 0 Å². The Morgan fingerprint density at radius 3 is 2.68 bits per heavy atom. The molecule has 3 rings (SSSR count). The highest BCUT2D eigenvalue weighted by atomic mass is 32.2. The molecule has 1 saturated heterocycles. The van der Waals surface area contributed by atoms with E-state index in [2.05, 4.69) is 5.32 Å². The highest BCUT2D eigenvalue weighted by molar-refractivity contribution is 8.13. The molecular formula is C15H26N2OS. The predicted molar refractivity (Wildman–Crippen MR) is 81.8 cm³/mol. The van der Waals surface area contributed by atoms with Gasteiger partial charge in [-0.05, 0) is 37.0 Å². The van der Waals surface area contributed by atoms with Gasteiger partial charge in [0.05, 0.1) is 0 Å². The van der Waals surface area contributed by atoms with Crippen molar-refractivity contribution in [3.8, 4) is 0 Å². The highest BCUT2D eigenvalue weighted by Crippen LogP contribution is 2.41. The van der Waals surface area contributed by atoms with Crippen molar-refractivity contribution >= 4 is 16.9 Å². The van der Waals surface area contributed by atoms with Gasteiger partial charge in [0.2, 0.25) is 0 Å². The number of hydrogen-bond donors (Lipinski definition) is 1. The van der Waals surface area contributed by atoms with Gasteiger partial charge >= 0.3 is 0 Å². The molecule has 3 nitrogen and oxygen atoms in total. The Labute approximate surface area is 121 Å². The normalized spacial score (nSPS) is 28.1. The van der Waals surface area contributed by atoms with E-state index in [1.54, 1.807) is 0 Å². The average molecular weight is 282 g/mol. The Balaban J connectivity index is 1.45. The van der Waals surface area contributed by atoms with Crippen LogP contribution in [0.15, 0.2) is 4.99 Å². The number of amidine groups is 1. The van der Waals surface area contributed by atoms with Crippen LogP contribution in [-0.4, -0.2) is 37.2 Å². The maximum atomic E-state index is 5.40. The minimum Gasteiger partial charge on any atom is -0.381 e. The quantitative estimate of drug-likeness (QED) is 0.845. The van der Waals surface area contributed by atoms with Crippen LogP contribution in [0.4, 0.5) is 0 Å². The van der Waals surface area contributed by atoms with Crippen molar-refractivity contribution in [3.05, 3.63) is 0 Å². The van der Waals surface area contributed by atoms with E-state index in [1.165, 1.54) is 55.9 Å². The zero-order valence-corrected chi connectivity index (χ0v) is 12.6. The van der Waals surface area contributed by atoms with Crippen LogP contribution in [0.5, 0.6) is 0 Å². The van der Waals surface area contributed by atoms with Crippen LogP contribution in [0.25, 0.3) is 0 Å². The fourth-order valence-electron chi connectivity index (χ4n) is 3.45. The molecule has 19 heavy (non-hydrogen) atoms. The molecule has 2 aliphatic heterocycles. The second kappa shape index (κ2) is 6.49. The summed E-state index contributed by atoms with van der Waals surface area (Å²) < 4.78 is 5.40. The SMILES string of the molecule is C1CCC2(CC1)CN=C(NCC1CCOCC1)SC2. The standard InChI is InChI=1S/C15H26N2OS/c1-2-6-15(7-3-1)11-17-14(19-12-15)16-10-13-4-8-18-9-5-13/h13H,1-12H2,(H,16,17). The fourth-order valence-corrected chi connectivity index (χ4v) is 4.61. The van der Waals surface area contributed by atoms with Crippen molar-refractivity contribution in [2.75, 3.05) is 32.1 Å². The number of hydrogen-bond acceptors (Lipinski definition) is 4. The molecule has 1 spiro atoms. The summed E-state index contributed by atoms with van der Waals surface area (Å²) in [6, 6.07) is 0. The zero-order valence-electron chi connectivity index (χ0n) is 11.8. The highest BCUT2D eigenvalue weighted by Gasteiger charge is 2.34. The molecule has 3 aliphatic rings. The lowest BCUT2D eigenvalue weighted by molar-refractivity contribution is 0.0676. The molecule has 0 aromatic carbocycles. The fraction of sp³-hybridized carbons (Fsp3) is 0.933. The van der Waals surface area contributed by atoms with Gasteiger partial charge in [-0.3, -0.25) is 4.99 Å². The summed E-state index contributed by atoms with van der Waals surface area (Å²) >= 11 is 1.96. The molecule has 108 valence electrons. The summed E-state index contributed by atoms with van der Waals surface area (Å²) in [6.07, 6.45) is 9.48. The lowest BCUT2D eigenvalue weighted by atomic mass is 9.75. The third-order valence-corrected chi connectivity index (χ3v) is 6.17. The van der Waals surface area contributed by atoms with Gasteiger partial charge in [0, 0.05) is 32.1 Å². The Morgan fingerprint density at radius 1 is 1.21 bits per heavy atom. The lowest BCUT2D eigenvalue weighted by Gasteiger charge is -2.38. The van der Waals surface area contributed by atoms with Crippen LogP contribution in [-0.2, 0) is 4.74 Å². The first-order valence-corrected chi connectivity index (χ1v) is 8.84. The largest absolute Gasteiger partial charge is 0.381 e. The van der Waals surface area contributed by atoms with Gasteiger partial charge in [-0.25, -0.2) is 0 Å². The van der Waals surface area contributed by atoms with Crippen molar-refractivity contribution < 1.29 is 4.74 Å². The molecule has 0 unspecified atom stereocenters. The van der Waals surface area contributed by atoms with Crippen molar-refractivity contribution in [2.45, 2.75) is 44.9 Å². The molecule has 2 heterocycles. The van der Waals surface area contributed by atoms with Crippen LogP contribution in [0.3, 0.4) is 0 Å². The lowest BCUT2D eigenvalue weighted by Crippen LogP contribution is -2.38. The first-order chi connectivity index (χ1) is 9.36. The summed E-state index contributed by atoms with van der Waals surface area (Å²) in [7, 11) is 0. The summed E-state index contributed by atoms with van der Waals surface area (Å²) in [4.78, 5) is 4.83. The van der Waals surface area contributed by atoms with Crippen LogP contribution in [0.1, 0.15) is 44.9 Å². The number of aliphatic imine (C=N–C) groups is 1. The molecule has 0 aromatic heterocycles. The molecule has 1 aliphatic carbocycles. The van der Waals surface area contributed by atoms with Crippen LogP contribution in [0, 0.1) is 11.3 Å². The minimum absolute atomic E-state index is 0.548. The second-order valence-electron chi connectivity index (χ2n) is 6.41. The molecule has 0 radical (unpaired) electrons. The van der Waals surface area contributed by atoms with E-state index < -0.39 is 0 Å². The van der Waals surface area contributed by atoms with Gasteiger partial charge in [0.1, 0.15) is 0 Å². The van der Waals surface area contributed by atoms with E-state index in [0.29, 0.717) is 5.41 Å². The van der Waals surface area contributed by atoms with Gasteiger partial charge < -0.3 is 10.1 Å². The van der Waals surface area contributed by atoms with Crippen LogP contribution < -0.4 is 5.32 Å². The van der Waals surface area contributed by atoms with Gasteiger partial charge in [0.25, 0.3) is 0 Å². The molecule has 1 saturated carbocycles. The number of rotatable bonds is 2. The smallest absolute Gasteiger partial charge is 0.156 e. The van der Waals surface area contributed by atoms with E-state index in [1.807, 2.05) is 11.8 Å². The summed E-state index contributed by atoms with van der Waals surface area (Å²) in [5.41, 5.74) is 0.548. The molecule has 0 amide bonds. The number of nitrogens with zero attached hydrogens (tertiary/aromatic N) is 1. The Hall–Kier alpha value is -0.220. The third-order valence-electron chi connectivity index (χ3n) is 4.87. The van der Waals surface area contributed by atoms with E-state index >= 15 is 0 Å². The first kappa shape index (κ1) is 13.7. The summed E-state index contributed by atoms with van der Waals surface area (Å²) in [5.74, 6) is 2.06. The molecular weight excluding hydrogens is 256 g/mol. The van der Waals surface area contributed by atoms with Crippen molar-refractivity contribution in [1.82, 2.24) is 5.32 Å². The number of nitrogens with one attached hydrogen (secondary N) is 1. The molecule has 0 atom stereocenters. The predicted octanol–water partition coefficient (Wildman–Crippen LogP) is 3.06. The van der Waals surface area contributed by atoms with Crippen LogP contribution in [0.2, 0.25) is 0 Å². The maximum absolute atomic E-state index is 5.40. The Kier molecular flexibility index (Phi) is 4.69. The maximum Gasteiger partial charge on any atom is 0.156 e. The van der Waals surface area contributed by atoms with E-state index in [4.69, 9.17) is 9.73 Å². The summed E-state index contributed by atoms with van der Waals surface area (Å²) in [6.45, 7) is 4.03. The summed E-state index contributed by atoms with van der Waals surface area (Å²) in [5, 5.41) is 4.77. The van der Waals surface area contributed by atoms with Crippen molar-refractivity contribution in [3.63, 3.8) is 0 Å². The van der Waals surface area contributed by atoms with Gasteiger partial charge in [-0.1, -0.05) is 31.0 Å². The van der Waals surface area contributed by atoms with Crippen LogP contribution >= 0.6 is 11.8 Å². The van der Waals surface area contributed by atoms with Crippen molar-refractivity contribution in [1.29, 1.82) is 0 Å². The molecule has 4 heteroatoms. The second-order valence-corrected chi connectivity index (χ2v) is 7.37. The monoisotopic (exact) mass is 282 g/mol. The van der Waals surface area contributed by atoms with E-state index in [0.717, 1.165) is 32.2 Å². The van der Waals surface area contributed by atoms with Gasteiger partial charge in [0.15, 0.2) is 5.17 Å². The molecule has 1 N–H and O–H groups in total. The molecule has 0 aromatic rings. The Bertz CT molecular complexity index is 320. The Morgan fingerprint density at radius 2 is 2.00 bits per heavy atom. The zero-order chi connectivity index (χ0) is 13.0. The molecule has 0 bridgehead atoms.